The maximum Gasteiger partial charge on any atom is 0.163 e. The van der Waals surface area contributed by atoms with Crippen LogP contribution >= 0.6 is 0 Å². The van der Waals surface area contributed by atoms with Crippen molar-refractivity contribution in [1.82, 2.24) is 0 Å². The lowest BCUT2D eigenvalue weighted by molar-refractivity contribution is 0.181. The Hall–Kier alpha value is -1.22. The quantitative estimate of drug-likeness (QED) is 0.773. The van der Waals surface area contributed by atoms with Crippen LogP contribution < -0.4 is 4.74 Å². The van der Waals surface area contributed by atoms with Crippen molar-refractivity contribution >= 4 is 0 Å². The van der Waals surface area contributed by atoms with E-state index in [2.05, 4.69) is 0 Å². The number of methoxy groups -OCH3 is 1. The van der Waals surface area contributed by atoms with E-state index >= 15 is 0 Å². The maximum absolute atomic E-state index is 9.65. The summed E-state index contributed by atoms with van der Waals surface area (Å²) in [6.45, 7) is 2.82. The van der Waals surface area contributed by atoms with Gasteiger partial charge >= 0.3 is 0 Å². The molecule has 0 radical (unpaired) electrons. The van der Waals surface area contributed by atoms with Gasteiger partial charge in [-0.3, -0.25) is 0 Å². The van der Waals surface area contributed by atoms with Crippen LogP contribution in [0.5, 0.6) is 11.5 Å². The third-order valence-corrected chi connectivity index (χ3v) is 1.68. The van der Waals surface area contributed by atoms with Gasteiger partial charge in [0, 0.05) is 12.7 Å². The topological polar surface area (TPSA) is 38.7 Å². The van der Waals surface area contributed by atoms with Crippen LogP contribution in [-0.2, 0) is 11.3 Å². The van der Waals surface area contributed by atoms with E-state index in [-0.39, 0.29) is 5.75 Å². The van der Waals surface area contributed by atoms with E-state index in [0.717, 1.165) is 5.56 Å². The lowest BCUT2D eigenvalue weighted by Crippen LogP contribution is -1.94. The molecule has 1 aromatic carbocycles. The average Bonchev–Trinajstić information content (AvgIpc) is 2.13. The highest BCUT2D eigenvalue weighted by molar-refractivity contribution is 5.44. The fraction of sp³-hybridized carbons (Fsp3) is 0.400. The number of aromatic hydroxyl groups is 1. The van der Waals surface area contributed by atoms with Gasteiger partial charge in [0.15, 0.2) is 11.5 Å². The van der Waals surface area contributed by atoms with Gasteiger partial charge in [-0.2, -0.15) is 0 Å². The molecule has 13 heavy (non-hydrogen) atoms. The SMILES string of the molecule is CCOc1cccc(COC)c1O. The summed E-state index contributed by atoms with van der Waals surface area (Å²) in [4.78, 5) is 0. The molecule has 1 rings (SSSR count). The Morgan fingerprint density at radius 2 is 2.15 bits per heavy atom. The Bertz CT molecular complexity index is 247. The van der Waals surface area contributed by atoms with Crippen molar-refractivity contribution < 1.29 is 14.6 Å². The Morgan fingerprint density at radius 1 is 1.38 bits per heavy atom. The molecule has 0 amide bonds. The molecule has 3 nitrogen and oxygen atoms in total. The first-order chi connectivity index (χ1) is 6.29. The molecule has 0 atom stereocenters. The monoisotopic (exact) mass is 182 g/mol. The highest BCUT2D eigenvalue weighted by atomic mass is 16.5. The zero-order valence-corrected chi connectivity index (χ0v) is 7.91. The summed E-state index contributed by atoms with van der Waals surface area (Å²) in [5.74, 6) is 0.684. The minimum Gasteiger partial charge on any atom is -0.504 e. The van der Waals surface area contributed by atoms with Gasteiger partial charge in [0.05, 0.1) is 13.2 Å². The van der Waals surface area contributed by atoms with Crippen LogP contribution in [0.15, 0.2) is 18.2 Å². The van der Waals surface area contributed by atoms with Crippen LogP contribution in [0.1, 0.15) is 12.5 Å². The molecule has 0 heterocycles. The standard InChI is InChI=1S/C10H14O3/c1-3-13-9-6-4-5-8(7-12-2)10(9)11/h4-6,11H,3,7H2,1-2H3. The first kappa shape index (κ1) is 9.86. The molecule has 1 N–H and O–H groups in total. The minimum atomic E-state index is 0.172. The molecule has 0 saturated carbocycles. The van der Waals surface area contributed by atoms with E-state index in [1.54, 1.807) is 19.2 Å². The second-order valence-electron chi connectivity index (χ2n) is 2.63. The molecule has 0 unspecified atom stereocenters. The van der Waals surface area contributed by atoms with Crippen molar-refractivity contribution in [2.75, 3.05) is 13.7 Å². The van der Waals surface area contributed by atoms with E-state index in [1.165, 1.54) is 0 Å². The molecule has 0 aromatic heterocycles. The van der Waals surface area contributed by atoms with Crippen molar-refractivity contribution in [2.24, 2.45) is 0 Å². The third kappa shape index (κ3) is 2.36. The lowest BCUT2D eigenvalue weighted by atomic mass is 10.2. The van der Waals surface area contributed by atoms with Gasteiger partial charge in [-0.15, -0.1) is 0 Å². The summed E-state index contributed by atoms with van der Waals surface area (Å²) in [5, 5.41) is 9.65. The van der Waals surface area contributed by atoms with Gasteiger partial charge < -0.3 is 14.6 Å². The van der Waals surface area contributed by atoms with Crippen molar-refractivity contribution in [3.63, 3.8) is 0 Å². The van der Waals surface area contributed by atoms with Crippen LogP contribution in [0.25, 0.3) is 0 Å². The fourth-order valence-electron chi connectivity index (χ4n) is 1.11. The van der Waals surface area contributed by atoms with Crippen LogP contribution in [-0.4, -0.2) is 18.8 Å². The molecule has 0 aliphatic carbocycles. The number of phenolic OH excluding ortho intramolecular Hbond substituents is 1. The van der Waals surface area contributed by atoms with E-state index in [9.17, 15) is 5.11 Å². The fourth-order valence-corrected chi connectivity index (χ4v) is 1.11. The number of hydrogen-bond donors (Lipinski definition) is 1. The van der Waals surface area contributed by atoms with Gasteiger partial charge in [0.2, 0.25) is 0 Å². The molecule has 0 aliphatic rings. The first-order valence-corrected chi connectivity index (χ1v) is 4.22. The normalized spacial score (nSPS) is 10.0. The Labute approximate surface area is 77.9 Å². The zero-order valence-electron chi connectivity index (χ0n) is 7.91. The van der Waals surface area contributed by atoms with Gasteiger partial charge in [-0.1, -0.05) is 12.1 Å². The molecule has 0 aliphatic heterocycles. The van der Waals surface area contributed by atoms with E-state index in [0.29, 0.717) is 19.0 Å². The number of ether oxygens (including phenoxy) is 2. The molecule has 72 valence electrons. The van der Waals surface area contributed by atoms with Crippen LogP contribution in [0, 0.1) is 0 Å². The molecule has 0 spiro atoms. The molecule has 0 bridgehead atoms. The number of benzene rings is 1. The number of rotatable bonds is 4. The van der Waals surface area contributed by atoms with Crippen molar-refractivity contribution in [3.05, 3.63) is 23.8 Å². The third-order valence-electron chi connectivity index (χ3n) is 1.68. The zero-order chi connectivity index (χ0) is 9.68. The first-order valence-electron chi connectivity index (χ1n) is 4.22. The Balaban J connectivity index is 2.89. The van der Waals surface area contributed by atoms with Gasteiger partial charge in [0.1, 0.15) is 0 Å². The molecule has 0 saturated heterocycles. The summed E-state index contributed by atoms with van der Waals surface area (Å²) in [7, 11) is 1.59. The van der Waals surface area contributed by atoms with E-state index in [1.807, 2.05) is 13.0 Å². The maximum atomic E-state index is 9.65. The molecular weight excluding hydrogens is 168 g/mol. The van der Waals surface area contributed by atoms with Crippen LogP contribution in [0.3, 0.4) is 0 Å². The van der Waals surface area contributed by atoms with Crippen molar-refractivity contribution in [2.45, 2.75) is 13.5 Å². The minimum absolute atomic E-state index is 0.172. The highest BCUT2D eigenvalue weighted by Gasteiger charge is 2.06. The lowest BCUT2D eigenvalue weighted by Gasteiger charge is -2.08. The van der Waals surface area contributed by atoms with Crippen molar-refractivity contribution in [1.29, 1.82) is 0 Å². The largest absolute Gasteiger partial charge is 0.504 e. The molecule has 3 heteroatoms. The van der Waals surface area contributed by atoms with Gasteiger partial charge in [-0.25, -0.2) is 0 Å². The summed E-state index contributed by atoms with van der Waals surface area (Å²) < 4.78 is 10.1. The van der Waals surface area contributed by atoms with Gasteiger partial charge in [0.25, 0.3) is 0 Å². The Morgan fingerprint density at radius 3 is 2.77 bits per heavy atom. The second kappa shape index (κ2) is 4.72. The predicted octanol–water partition coefficient (Wildman–Crippen LogP) is 1.94. The Kier molecular flexibility index (Phi) is 3.58. The molecule has 0 fully saturated rings. The summed E-state index contributed by atoms with van der Waals surface area (Å²) in [6, 6.07) is 5.37. The highest BCUT2D eigenvalue weighted by Crippen LogP contribution is 2.29. The van der Waals surface area contributed by atoms with E-state index < -0.39 is 0 Å². The number of hydrogen-bond acceptors (Lipinski definition) is 3. The van der Waals surface area contributed by atoms with Gasteiger partial charge in [-0.05, 0) is 13.0 Å². The number of phenols is 1. The summed E-state index contributed by atoms with van der Waals surface area (Å²) in [6.07, 6.45) is 0. The number of para-hydroxylation sites is 1. The molecular formula is C10H14O3. The summed E-state index contributed by atoms with van der Waals surface area (Å²) >= 11 is 0. The molecule has 1 aromatic rings. The average molecular weight is 182 g/mol. The second-order valence-corrected chi connectivity index (χ2v) is 2.63. The van der Waals surface area contributed by atoms with Crippen LogP contribution in [0.2, 0.25) is 0 Å². The van der Waals surface area contributed by atoms with Crippen LogP contribution in [0.4, 0.5) is 0 Å². The summed E-state index contributed by atoms with van der Waals surface area (Å²) in [5.41, 5.74) is 0.744. The predicted molar refractivity (Wildman–Crippen MR) is 50.0 cm³/mol. The van der Waals surface area contributed by atoms with Crippen molar-refractivity contribution in [3.8, 4) is 11.5 Å². The smallest absolute Gasteiger partial charge is 0.163 e. The van der Waals surface area contributed by atoms with E-state index in [4.69, 9.17) is 9.47 Å².